The summed E-state index contributed by atoms with van der Waals surface area (Å²) in [6.07, 6.45) is 6.09. The molecule has 0 bridgehead atoms. The van der Waals surface area contributed by atoms with Crippen LogP contribution in [0.5, 0.6) is 0 Å². The second-order valence-electron chi connectivity index (χ2n) is 5.11. The van der Waals surface area contributed by atoms with Crippen molar-refractivity contribution < 1.29 is 4.79 Å². The van der Waals surface area contributed by atoms with E-state index in [4.69, 9.17) is 0 Å². The van der Waals surface area contributed by atoms with Crippen LogP contribution in [-0.2, 0) is 4.79 Å². The molecule has 0 aliphatic carbocycles. The van der Waals surface area contributed by atoms with Gasteiger partial charge in [-0.3, -0.25) is 9.69 Å². The minimum absolute atomic E-state index is 0.740. The summed E-state index contributed by atoms with van der Waals surface area (Å²) in [7, 11) is 0. The molecule has 3 nitrogen and oxygen atoms in total. The Bertz CT molecular complexity index is 212. The number of carbonyl (C=O) groups excluding carboxylic acids is 1. The van der Waals surface area contributed by atoms with Crippen LogP contribution >= 0.6 is 0 Å². The van der Waals surface area contributed by atoms with Crippen molar-refractivity contribution in [3.8, 4) is 0 Å². The molecule has 0 unspecified atom stereocenters. The molecule has 2 rings (SSSR count). The molecule has 1 amide bonds. The number of amides is 1. The van der Waals surface area contributed by atoms with E-state index in [1.165, 1.54) is 38.8 Å². The highest BCUT2D eigenvalue weighted by molar-refractivity contribution is 5.47. The Morgan fingerprint density at radius 3 is 2.47 bits per heavy atom. The van der Waals surface area contributed by atoms with Crippen molar-refractivity contribution in [2.75, 3.05) is 26.2 Å². The fourth-order valence-corrected chi connectivity index (χ4v) is 2.91. The predicted molar refractivity (Wildman–Crippen MR) is 60.6 cm³/mol. The largest absolute Gasteiger partial charge is 0.345 e. The maximum absolute atomic E-state index is 10.6. The van der Waals surface area contributed by atoms with Gasteiger partial charge in [0.05, 0.1) is 0 Å². The van der Waals surface area contributed by atoms with Crippen molar-refractivity contribution in [1.29, 1.82) is 0 Å². The Kier molecular flexibility index (Phi) is 3.62. The molecule has 86 valence electrons. The molecule has 0 N–H and O–H groups in total. The second-order valence-corrected chi connectivity index (χ2v) is 5.11. The van der Waals surface area contributed by atoms with Gasteiger partial charge in [0, 0.05) is 25.7 Å². The summed E-state index contributed by atoms with van der Waals surface area (Å²) in [5.41, 5.74) is 0. The number of piperidine rings is 2. The minimum atomic E-state index is 0.740. The fraction of sp³-hybridized carbons (Fsp3) is 0.917. The third kappa shape index (κ3) is 2.71. The van der Waals surface area contributed by atoms with Crippen molar-refractivity contribution in [2.24, 2.45) is 5.92 Å². The van der Waals surface area contributed by atoms with Crippen molar-refractivity contribution in [1.82, 2.24) is 9.80 Å². The van der Waals surface area contributed by atoms with Crippen molar-refractivity contribution in [3.05, 3.63) is 0 Å². The van der Waals surface area contributed by atoms with Crippen LogP contribution in [0, 0.1) is 5.92 Å². The highest BCUT2D eigenvalue weighted by atomic mass is 16.1. The van der Waals surface area contributed by atoms with E-state index in [0.29, 0.717) is 0 Å². The fourth-order valence-electron chi connectivity index (χ4n) is 2.91. The lowest BCUT2D eigenvalue weighted by atomic mass is 9.95. The van der Waals surface area contributed by atoms with Gasteiger partial charge in [-0.2, -0.15) is 0 Å². The van der Waals surface area contributed by atoms with Gasteiger partial charge in [-0.1, -0.05) is 6.92 Å². The smallest absolute Gasteiger partial charge is 0.209 e. The van der Waals surface area contributed by atoms with Crippen LogP contribution in [0.15, 0.2) is 0 Å². The number of carbonyl (C=O) groups is 1. The third-order valence-corrected chi connectivity index (χ3v) is 3.85. The maximum Gasteiger partial charge on any atom is 0.209 e. The lowest BCUT2D eigenvalue weighted by Gasteiger charge is -2.41. The van der Waals surface area contributed by atoms with Gasteiger partial charge in [0.1, 0.15) is 0 Å². The molecular formula is C12H22N2O. The summed E-state index contributed by atoms with van der Waals surface area (Å²) in [5.74, 6) is 0.864. The first kappa shape index (κ1) is 10.9. The van der Waals surface area contributed by atoms with Gasteiger partial charge < -0.3 is 4.90 Å². The summed E-state index contributed by atoms with van der Waals surface area (Å²) in [6, 6.07) is 0.740. The van der Waals surface area contributed by atoms with Crippen LogP contribution in [0.25, 0.3) is 0 Å². The molecule has 2 heterocycles. The molecule has 0 aromatic rings. The zero-order valence-corrected chi connectivity index (χ0v) is 9.69. The van der Waals surface area contributed by atoms with Crippen LogP contribution in [0.3, 0.4) is 0 Å². The molecule has 15 heavy (non-hydrogen) atoms. The molecule has 2 fully saturated rings. The first-order valence-electron chi connectivity index (χ1n) is 6.23. The van der Waals surface area contributed by atoms with E-state index in [0.717, 1.165) is 31.5 Å². The van der Waals surface area contributed by atoms with Gasteiger partial charge >= 0.3 is 0 Å². The monoisotopic (exact) mass is 210 g/mol. The molecule has 0 aromatic carbocycles. The van der Waals surface area contributed by atoms with E-state index in [-0.39, 0.29) is 0 Å². The summed E-state index contributed by atoms with van der Waals surface area (Å²) in [5, 5.41) is 0. The molecule has 0 spiro atoms. The van der Waals surface area contributed by atoms with Crippen LogP contribution in [0.2, 0.25) is 0 Å². The lowest BCUT2D eigenvalue weighted by Crippen LogP contribution is -2.47. The van der Waals surface area contributed by atoms with Gasteiger partial charge in [0.2, 0.25) is 6.41 Å². The molecule has 0 aromatic heterocycles. The predicted octanol–water partition coefficient (Wildman–Crippen LogP) is 1.34. The average molecular weight is 210 g/mol. The molecular weight excluding hydrogens is 188 g/mol. The van der Waals surface area contributed by atoms with Crippen molar-refractivity contribution in [2.45, 2.75) is 38.6 Å². The average Bonchev–Trinajstić information content (AvgIpc) is 2.29. The van der Waals surface area contributed by atoms with Gasteiger partial charge in [-0.05, 0) is 38.1 Å². The Hall–Kier alpha value is -0.570. The zero-order valence-electron chi connectivity index (χ0n) is 9.69. The molecule has 2 aliphatic heterocycles. The van der Waals surface area contributed by atoms with E-state index in [2.05, 4.69) is 11.8 Å². The Morgan fingerprint density at radius 1 is 1.13 bits per heavy atom. The third-order valence-electron chi connectivity index (χ3n) is 3.85. The normalized spacial score (nSPS) is 30.5. The second kappa shape index (κ2) is 4.97. The topological polar surface area (TPSA) is 23.6 Å². The van der Waals surface area contributed by atoms with Gasteiger partial charge in [-0.15, -0.1) is 0 Å². The number of rotatable bonds is 2. The molecule has 0 saturated carbocycles. The number of hydrogen-bond donors (Lipinski definition) is 0. The first-order valence-corrected chi connectivity index (χ1v) is 6.23. The van der Waals surface area contributed by atoms with Gasteiger partial charge in [0.15, 0.2) is 0 Å². The molecule has 1 atom stereocenters. The Balaban J connectivity index is 1.81. The van der Waals surface area contributed by atoms with E-state index in [9.17, 15) is 4.79 Å². The summed E-state index contributed by atoms with van der Waals surface area (Å²) >= 11 is 0. The van der Waals surface area contributed by atoms with Gasteiger partial charge in [-0.25, -0.2) is 0 Å². The van der Waals surface area contributed by atoms with Crippen molar-refractivity contribution >= 4 is 6.41 Å². The van der Waals surface area contributed by atoms with E-state index in [1.54, 1.807) is 0 Å². The molecule has 2 aliphatic rings. The van der Waals surface area contributed by atoms with E-state index in [1.807, 2.05) is 4.90 Å². The SMILES string of the molecule is C[C@@H]1CCCN(C2CCN(C=O)CC2)C1. The van der Waals surface area contributed by atoms with Gasteiger partial charge in [0.25, 0.3) is 0 Å². The van der Waals surface area contributed by atoms with Crippen molar-refractivity contribution in [3.63, 3.8) is 0 Å². The molecule has 3 heteroatoms. The van der Waals surface area contributed by atoms with Crippen LogP contribution in [-0.4, -0.2) is 48.4 Å². The highest BCUT2D eigenvalue weighted by Gasteiger charge is 2.26. The first-order chi connectivity index (χ1) is 7.29. The van der Waals surface area contributed by atoms with Crippen LogP contribution in [0.4, 0.5) is 0 Å². The van der Waals surface area contributed by atoms with E-state index >= 15 is 0 Å². The number of likely N-dealkylation sites (tertiary alicyclic amines) is 2. The number of nitrogens with zero attached hydrogens (tertiary/aromatic N) is 2. The maximum atomic E-state index is 10.6. The van der Waals surface area contributed by atoms with E-state index < -0.39 is 0 Å². The zero-order chi connectivity index (χ0) is 10.7. The highest BCUT2D eigenvalue weighted by Crippen LogP contribution is 2.22. The van der Waals surface area contributed by atoms with Crippen LogP contribution in [0.1, 0.15) is 32.6 Å². The molecule has 2 saturated heterocycles. The summed E-state index contributed by atoms with van der Waals surface area (Å²) < 4.78 is 0. The minimum Gasteiger partial charge on any atom is -0.345 e. The number of hydrogen-bond acceptors (Lipinski definition) is 2. The van der Waals surface area contributed by atoms with Crippen LogP contribution < -0.4 is 0 Å². The Labute approximate surface area is 92.4 Å². The molecule has 0 radical (unpaired) electrons. The summed E-state index contributed by atoms with van der Waals surface area (Å²) in [4.78, 5) is 15.2. The summed E-state index contributed by atoms with van der Waals surface area (Å²) in [6.45, 7) is 6.81. The lowest BCUT2D eigenvalue weighted by molar-refractivity contribution is -0.119. The quantitative estimate of drug-likeness (QED) is 0.642. The Morgan fingerprint density at radius 2 is 1.87 bits per heavy atom. The standard InChI is InChI=1S/C12H22N2O/c1-11-3-2-6-14(9-11)12-4-7-13(10-15)8-5-12/h10-12H,2-9H2,1H3/t11-/m1/s1.